The van der Waals surface area contributed by atoms with Gasteiger partial charge in [-0.15, -0.1) is 0 Å². The molecule has 0 amide bonds. The van der Waals surface area contributed by atoms with Crippen LogP contribution in [-0.2, 0) is 16.2 Å². The van der Waals surface area contributed by atoms with Gasteiger partial charge in [-0.05, 0) is 30.7 Å². The first-order valence-corrected chi connectivity index (χ1v) is 8.99. The number of para-hydroxylation sites is 1. The van der Waals surface area contributed by atoms with Crippen molar-refractivity contribution in [3.63, 3.8) is 0 Å². The van der Waals surface area contributed by atoms with Gasteiger partial charge in [-0.25, -0.2) is 8.42 Å². The third kappa shape index (κ3) is 3.79. The molecule has 3 rings (SSSR count). The standard InChI is InChI=1S/C17H15F3N2O2S/c18-17(19,20)12-5-3-6-13(11-12)25(23,24)22-16-8-2-1-7-14(16)15-9-4-10-21-15/h1-3,5-9,11,21-22H,4,10H2. The number of alkyl halides is 3. The zero-order valence-corrected chi connectivity index (χ0v) is 13.8. The summed E-state index contributed by atoms with van der Waals surface area (Å²) in [5.74, 6) is 0. The molecule has 0 saturated carbocycles. The second-order valence-electron chi connectivity index (χ2n) is 5.51. The fourth-order valence-corrected chi connectivity index (χ4v) is 3.68. The third-order valence-corrected chi connectivity index (χ3v) is 5.10. The molecular weight excluding hydrogens is 353 g/mol. The molecule has 0 atom stereocenters. The van der Waals surface area contributed by atoms with Gasteiger partial charge >= 0.3 is 6.18 Å². The lowest BCUT2D eigenvalue weighted by Gasteiger charge is -2.15. The number of anilines is 1. The van der Waals surface area contributed by atoms with Gasteiger partial charge in [0.25, 0.3) is 10.0 Å². The molecule has 0 spiro atoms. The topological polar surface area (TPSA) is 58.2 Å². The quantitative estimate of drug-likeness (QED) is 0.862. The highest BCUT2D eigenvalue weighted by molar-refractivity contribution is 7.92. The summed E-state index contributed by atoms with van der Waals surface area (Å²) in [6.45, 7) is 0.754. The van der Waals surface area contributed by atoms with Crippen molar-refractivity contribution in [2.24, 2.45) is 0 Å². The molecule has 1 aliphatic heterocycles. The minimum Gasteiger partial charge on any atom is -0.384 e. The molecule has 2 aromatic carbocycles. The SMILES string of the molecule is O=S(=O)(Nc1ccccc1C1=CCCN1)c1cccc(C(F)(F)F)c1. The van der Waals surface area contributed by atoms with E-state index in [0.717, 1.165) is 36.9 Å². The predicted octanol–water partition coefficient (Wildman–Crippen LogP) is 3.84. The predicted molar refractivity (Wildman–Crippen MR) is 89.3 cm³/mol. The van der Waals surface area contributed by atoms with Gasteiger partial charge in [0.1, 0.15) is 0 Å². The molecule has 8 heteroatoms. The van der Waals surface area contributed by atoms with E-state index in [9.17, 15) is 21.6 Å². The molecule has 4 nitrogen and oxygen atoms in total. The molecule has 25 heavy (non-hydrogen) atoms. The molecule has 0 aromatic heterocycles. The maximum absolute atomic E-state index is 12.8. The van der Waals surface area contributed by atoms with E-state index >= 15 is 0 Å². The number of rotatable bonds is 4. The summed E-state index contributed by atoms with van der Waals surface area (Å²) in [4.78, 5) is -0.439. The average Bonchev–Trinajstić information content (AvgIpc) is 3.09. The number of nitrogens with one attached hydrogen (secondary N) is 2. The highest BCUT2D eigenvalue weighted by Gasteiger charge is 2.31. The summed E-state index contributed by atoms with van der Waals surface area (Å²) in [6.07, 6.45) is -1.84. The minimum atomic E-state index is -4.61. The van der Waals surface area contributed by atoms with Crippen LogP contribution in [0.15, 0.2) is 59.5 Å². The first-order chi connectivity index (χ1) is 11.8. The molecule has 1 heterocycles. The monoisotopic (exact) mass is 368 g/mol. The summed E-state index contributed by atoms with van der Waals surface area (Å²) in [5.41, 5.74) is 0.738. The van der Waals surface area contributed by atoms with Crippen LogP contribution in [0.4, 0.5) is 18.9 Å². The van der Waals surface area contributed by atoms with E-state index in [1.54, 1.807) is 24.3 Å². The van der Waals surface area contributed by atoms with Gasteiger partial charge in [0, 0.05) is 17.8 Å². The minimum absolute atomic E-state index is 0.306. The lowest BCUT2D eigenvalue weighted by molar-refractivity contribution is -0.137. The Hall–Kier alpha value is -2.48. The van der Waals surface area contributed by atoms with Crippen LogP contribution in [0.1, 0.15) is 17.5 Å². The highest BCUT2D eigenvalue weighted by Crippen LogP contribution is 2.31. The Labute approximate surface area is 143 Å². The molecule has 0 aliphatic carbocycles. The van der Waals surface area contributed by atoms with Crippen LogP contribution in [0.2, 0.25) is 0 Å². The van der Waals surface area contributed by atoms with Crippen molar-refractivity contribution in [3.05, 3.63) is 65.7 Å². The highest BCUT2D eigenvalue weighted by atomic mass is 32.2. The van der Waals surface area contributed by atoms with Crippen molar-refractivity contribution in [1.82, 2.24) is 5.32 Å². The van der Waals surface area contributed by atoms with Gasteiger partial charge in [0.15, 0.2) is 0 Å². The zero-order chi connectivity index (χ0) is 18.1. The Bertz CT molecular complexity index is 921. The number of hydrogen-bond donors (Lipinski definition) is 2. The molecule has 0 unspecified atom stereocenters. The zero-order valence-electron chi connectivity index (χ0n) is 13.0. The van der Waals surface area contributed by atoms with Crippen LogP contribution in [0.25, 0.3) is 5.70 Å². The second-order valence-corrected chi connectivity index (χ2v) is 7.19. The summed E-state index contributed by atoms with van der Waals surface area (Å²) >= 11 is 0. The number of sulfonamides is 1. The Morgan fingerprint density at radius 3 is 2.48 bits per heavy atom. The van der Waals surface area contributed by atoms with E-state index in [1.165, 1.54) is 0 Å². The number of hydrogen-bond acceptors (Lipinski definition) is 3. The van der Waals surface area contributed by atoms with Crippen molar-refractivity contribution >= 4 is 21.4 Å². The van der Waals surface area contributed by atoms with Crippen LogP contribution < -0.4 is 10.0 Å². The number of halogens is 3. The smallest absolute Gasteiger partial charge is 0.384 e. The van der Waals surface area contributed by atoms with Crippen molar-refractivity contribution < 1.29 is 21.6 Å². The molecule has 2 N–H and O–H groups in total. The fourth-order valence-electron chi connectivity index (χ4n) is 2.55. The largest absolute Gasteiger partial charge is 0.416 e. The molecule has 0 saturated heterocycles. The molecule has 0 radical (unpaired) electrons. The summed E-state index contributed by atoms with van der Waals surface area (Å²) < 4.78 is 65.9. The number of benzene rings is 2. The van der Waals surface area contributed by atoms with Crippen LogP contribution >= 0.6 is 0 Å². The fraction of sp³-hybridized carbons (Fsp3) is 0.176. The normalized spacial score (nSPS) is 14.8. The molecule has 2 aromatic rings. The molecule has 1 aliphatic rings. The van der Waals surface area contributed by atoms with Crippen LogP contribution in [0.3, 0.4) is 0 Å². The van der Waals surface area contributed by atoms with Crippen molar-refractivity contribution in [2.45, 2.75) is 17.5 Å². The Morgan fingerprint density at radius 2 is 1.80 bits per heavy atom. The maximum Gasteiger partial charge on any atom is 0.416 e. The van der Waals surface area contributed by atoms with Gasteiger partial charge in [0.05, 0.1) is 16.1 Å². The molecule has 0 fully saturated rings. The van der Waals surface area contributed by atoms with Gasteiger partial charge in [-0.2, -0.15) is 13.2 Å². The van der Waals surface area contributed by atoms with E-state index in [1.807, 2.05) is 6.08 Å². The molecular formula is C17H15F3N2O2S. The van der Waals surface area contributed by atoms with E-state index < -0.39 is 26.7 Å². The molecule has 132 valence electrons. The van der Waals surface area contributed by atoms with E-state index in [4.69, 9.17) is 0 Å². The average molecular weight is 368 g/mol. The van der Waals surface area contributed by atoms with Gasteiger partial charge in [-0.1, -0.05) is 30.3 Å². The van der Waals surface area contributed by atoms with Crippen LogP contribution in [0.5, 0.6) is 0 Å². The molecule has 0 bridgehead atoms. The maximum atomic E-state index is 12.8. The summed E-state index contributed by atoms with van der Waals surface area (Å²) in [7, 11) is -4.15. The second kappa shape index (κ2) is 6.44. The lowest BCUT2D eigenvalue weighted by Crippen LogP contribution is -2.16. The summed E-state index contributed by atoms with van der Waals surface area (Å²) in [6, 6.07) is 10.4. The van der Waals surface area contributed by atoms with E-state index in [0.29, 0.717) is 17.3 Å². The summed E-state index contributed by atoms with van der Waals surface area (Å²) in [5, 5.41) is 3.15. The van der Waals surface area contributed by atoms with Gasteiger partial charge < -0.3 is 5.32 Å². The third-order valence-electron chi connectivity index (χ3n) is 3.74. The first-order valence-electron chi connectivity index (χ1n) is 7.51. The van der Waals surface area contributed by atoms with Gasteiger partial charge in [0.2, 0.25) is 0 Å². The lowest BCUT2D eigenvalue weighted by atomic mass is 10.1. The van der Waals surface area contributed by atoms with Crippen molar-refractivity contribution in [1.29, 1.82) is 0 Å². The van der Waals surface area contributed by atoms with Crippen molar-refractivity contribution in [2.75, 3.05) is 11.3 Å². The van der Waals surface area contributed by atoms with Crippen LogP contribution in [0, 0.1) is 0 Å². The van der Waals surface area contributed by atoms with Crippen LogP contribution in [-0.4, -0.2) is 15.0 Å². The van der Waals surface area contributed by atoms with E-state index in [2.05, 4.69) is 10.0 Å². The van der Waals surface area contributed by atoms with Gasteiger partial charge in [-0.3, -0.25) is 4.72 Å². The first kappa shape index (κ1) is 17.3. The Morgan fingerprint density at radius 1 is 1.04 bits per heavy atom. The Balaban J connectivity index is 1.96. The van der Waals surface area contributed by atoms with E-state index in [-0.39, 0.29) is 0 Å². The van der Waals surface area contributed by atoms with Crippen molar-refractivity contribution in [3.8, 4) is 0 Å². The Kier molecular flexibility index (Phi) is 4.47.